The topological polar surface area (TPSA) is 12.0 Å². The van der Waals surface area contributed by atoms with Crippen molar-refractivity contribution in [3.63, 3.8) is 0 Å². The van der Waals surface area contributed by atoms with Crippen LogP contribution < -0.4 is 5.32 Å². The zero-order valence-electron chi connectivity index (χ0n) is 12.6. The van der Waals surface area contributed by atoms with Gasteiger partial charge in [-0.25, -0.2) is 0 Å². The Kier molecular flexibility index (Phi) is 5.35. The molecular formula is C17H27NS. The van der Waals surface area contributed by atoms with Gasteiger partial charge in [-0.15, -0.1) is 11.8 Å². The number of rotatable bonds is 4. The molecule has 2 heteroatoms. The molecule has 1 aliphatic carbocycles. The monoisotopic (exact) mass is 277 g/mol. The first-order valence-electron chi connectivity index (χ1n) is 7.52. The third-order valence-corrected chi connectivity index (χ3v) is 5.51. The molecule has 106 valence electrons. The molecule has 1 nitrogen and oxygen atoms in total. The highest BCUT2D eigenvalue weighted by Gasteiger charge is 2.24. The van der Waals surface area contributed by atoms with Crippen LogP contribution in [0.15, 0.2) is 29.2 Å². The van der Waals surface area contributed by atoms with Crippen LogP contribution in [0.25, 0.3) is 0 Å². The van der Waals surface area contributed by atoms with E-state index >= 15 is 0 Å². The molecule has 0 saturated heterocycles. The summed E-state index contributed by atoms with van der Waals surface area (Å²) in [6.07, 6.45) is 4.17. The van der Waals surface area contributed by atoms with Gasteiger partial charge in [0.05, 0.1) is 0 Å². The summed E-state index contributed by atoms with van der Waals surface area (Å²) in [4.78, 5) is 1.43. The van der Waals surface area contributed by atoms with Gasteiger partial charge in [-0.3, -0.25) is 0 Å². The molecule has 2 rings (SSSR count). The molecule has 0 heterocycles. The van der Waals surface area contributed by atoms with Crippen molar-refractivity contribution in [3.8, 4) is 0 Å². The maximum Gasteiger partial charge on any atom is 0.0289 e. The Bertz CT molecular complexity index is 377. The first-order chi connectivity index (χ1) is 9.08. The van der Waals surface area contributed by atoms with E-state index in [0.717, 1.165) is 17.1 Å². The average molecular weight is 277 g/mol. The van der Waals surface area contributed by atoms with Crippen LogP contribution in [0.2, 0.25) is 0 Å². The third-order valence-electron chi connectivity index (χ3n) is 4.25. The van der Waals surface area contributed by atoms with E-state index in [1.54, 1.807) is 0 Å². The van der Waals surface area contributed by atoms with E-state index in [4.69, 9.17) is 0 Å². The predicted molar refractivity (Wildman–Crippen MR) is 85.7 cm³/mol. The van der Waals surface area contributed by atoms with E-state index in [1.165, 1.54) is 29.7 Å². The molecule has 1 aliphatic rings. The molecule has 3 atom stereocenters. The van der Waals surface area contributed by atoms with Crippen molar-refractivity contribution in [2.24, 2.45) is 11.8 Å². The molecule has 0 spiro atoms. The van der Waals surface area contributed by atoms with Crippen LogP contribution in [0.3, 0.4) is 0 Å². The minimum absolute atomic E-state index is 0.439. The first kappa shape index (κ1) is 14.9. The maximum atomic E-state index is 3.29. The van der Waals surface area contributed by atoms with Gasteiger partial charge in [-0.2, -0.15) is 0 Å². The summed E-state index contributed by atoms with van der Waals surface area (Å²) < 4.78 is 0. The van der Waals surface area contributed by atoms with Crippen molar-refractivity contribution in [1.82, 2.24) is 5.32 Å². The molecule has 1 aromatic rings. The summed E-state index contributed by atoms with van der Waals surface area (Å²) in [5, 5.41) is 4.10. The molecule has 1 aromatic carbocycles. The number of hydrogen-bond donors (Lipinski definition) is 1. The largest absolute Gasteiger partial charge is 0.313 e. The summed E-state index contributed by atoms with van der Waals surface area (Å²) in [5.74, 6) is 1.79. The Labute approximate surface area is 122 Å². The minimum atomic E-state index is 0.439. The van der Waals surface area contributed by atoms with E-state index in [-0.39, 0.29) is 0 Å². The van der Waals surface area contributed by atoms with Crippen molar-refractivity contribution < 1.29 is 0 Å². The fourth-order valence-corrected chi connectivity index (χ4v) is 4.69. The molecule has 0 bridgehead atoms. The van der Waals surface area contributed by atoms with Gasteiger partial charge in [0.25, 0.3) is 0 Å². The van der Waals surface area contributed by atoms with E-state index < -0.39 is 0 Å². The quantitative estimate of drug-likeness (QED) is 0.841. The lowest BCUT2D eigenvalue weighted by Gasteiger charge is -2.31. The summed E-state index contributed by atoms with van der Waals surface area (Å²) in [7, 11) is 2.01. The summed E-state index contributed by atoms with van der Waals surface area (Å²) in [5.41, 5.74) is 1.37. The second-order valence-electron chi connectivity index (χ2n) is 6.24. The molecule has 0 amide bonds. The van der Waals surface area contributed by atoms with Gasteiger partial charge in [-0.1, -0.05) is 26.0 Å². The van der Waals surface area contributed by atoms with Gasteiger partial charge in [0, 0.05) is 16.2 Å². The van der Waals surface area contributed by atoms with Gasteiger partial charge < -0.3 is 5.32 Å². The van der Waals surface area contributed by atoms with E-state index in [2.05, 4.69) is 62.1 Å². The molecule has 1 fully saturated rings. The summed E-state index contributed by atoms with van der Waals surface area (Å²) >= 11 is 2.08. The molecule has 1 saturated carbocycles. The Morgan fingerprint density at radius 2 is 1.63 bits per heavy atom. The van der Waals surface area contributed by atoms with Crippen LogP contribution >= 0.6 is 11.8 Å². The van der Waals surface area contributed by atoms with Crippen molar-refractivity contribution >= 4 is 11.8 Å². The molecule has 19 heavy (non-hydrogen) atoms. The lowest BCUT2D eigenvalue weighted by Crippen LogP contribution is -2.21. The van der Waals surface area contributed by atoms with E-state index in [1.807, 2.05) is 7.05 Å². The van der Waals surface area contributed by atoms with Crippen LogP contribution in [-0.4, -0.2) is 12.3 Å². The standard InChI is InChI=1S/C17H27NS/c1-12-9-13(2)11-17(10-12)19-16-7-5-15(6-8-16)14(3)18-4/h5-8,12-14,17-18H,9-11H2,1-4H3. The maximum absolute atomic E-state index is 3.29. The zero-order valence-corrected chi connectivity index (χ0v) is 13.5. The van der Waals surface area contributed by atoms with Gasteiger partial charge >= 0.3 is 0 Å². The van der Waals surface area contributed by atoms with Crippen LogP contribution in [0, 0.1) is 11.8 Å². The lowest BCUT2D eigenvalue weighted by atomic mass is 9.83. The minimum Gasteiger partial charge on any atom is -0.313 e. The van der Waals surface area contributed by atoms with Crippen LogP contribution in [0.5, 0.6) is 0 Å². The molecule has 0 radical (unpaired) electrons. The van der Waals surface area contributed by atoms with Crippen molar-refractivity contribution in [2.75, 3.05) is 7.05 Å². The average Bonchev–Trinajstić information content (AvgIpc) is 2.37. The van der Waals surface area contributed by atoms with Crippen molar-refractivity contribution in [1.29, 1.82) is 0 Å². The third kappa shape index (κ3) is 4.25. The normalized spacial score (nSPS) is 29.2. The van der Waals surface area contributed by atoms with E-state index in [9.17, 15) is 0 Å². The van der Waals surface area contributed by atoms with Crippen LogP contribution in [0.4, 0.5) is 0 Å². The first-order valence-corrected chi connectivity index (χ1v) is 8.40. The summed E-state index contributed by atoms with van der Waals surface area (Å²) in [6.45, 7) is 7.01. The van der Waals surface area contributed by atoms with Crippen molar-refractivity contribution in [3.05, 3.63) is 29.8 Å². The fourth-order valence-electron chi connectivity index (χ4n) is 3.16. The number of thioether (sulfide) groups is 1. The van der Waals surface area contributed by atoms with E-state index in [0.29, 0.717) is 6.04 Å². The number of hydrogen-bond acceptors (Lipinski definition) is 2. The van der Waals surface area contributed by atoms with Crippen LogP contribution in [-0.2, 0) is 0 Å². The Morgan fingerprint density at radius 3 is 2.16 bits per heavy atom. The van der Waals surface area contributed by atoms with Gasteiger partial charge in [-0.05, 0) is 62.8 Å². The Morgan fingerprint density at radius 1 is 1.05 bits per heavy atom. The fraction of sp³-hybridized carbons (Fsp3) is 0.647. The van der Waals surface area contributed by atoms with Gasteiger partial charge in [0.15, 0.2) is 0 Å². The van der Waals surface area contributed by atoms with Gasteiger partial charge in [0.1, 0.15) is 0 Å². The SMILES string of the molecule is CNC(C)c1ccc(SC2CC(C)CC(C)C2)cc1. The van der Waals surface area contributed by atoms with Gasteiger partial charge in [0.2, 0.25) is 0 Å². The summed E-state index contributed by atoms with van der Waals surface area (Å²) in [6, 6.07) is 9.54. The Hall–Kier alpha value is -0.470. The second-order valence-corrected chi connectivity index (χ2v) is 7.61. The Balaban J connectivity index is 1.95. The molecule has 1 N–H and O–H groups in total. The predicted octanol–water partition coefficient (Wildman–Crippen LogP) is 4.88. The van der Waals surface area contributed by atoms with Crippen LogP contribution in [0.1, 0.15) is 51.6 Å². The molecule has 0 aromatic heterocycles. The highest BCUT2D eigenvalue weighted by Crippen LogP contribution is 2.38. The number of benzene rings is 1. The molecule has 0 aliphatic heterocycles. The highest BCUT2D eigenvalue weighted by molar-refractivity contribution is 8.00. The smallest absolute Gasteiger partial charge is 0.0289 e. The molecular weight excluding hydrogens is 250 g/mol. The lowest BCUT2D eigenvalue weighted by molar-refractivity contribution is 0.309. The molecule has 3 unspecified atom stereocenters. The second kappa shape index (κ2) is 6.81. The van der Waals surface area contributed by atoms with Crippen molar-refractivity contribution in [2.45, 2.75) is 56.2 Å². The zero-order chi connectivity index (χ0) is 13.8. The number of nitrogens with one attached hydrogen (secondary N) is 1. The highest BCUT2D eigenvalue weighted by atomic mass is 32.2.